The number of likely N-dealkylation sites (N-methyl/N-ethyl adjacent to an activating group) is 2. The molecule has 0 spiro atoms. The molecule has 0 amide bonds. The number of aromatic hydroxyl groups is 1. The first kappa shape index (κ1) is 26.3. The molecule has 4 aromatic rings. The van der Waals surface area contributed by atoms with Crippen molar-refractivity contribution in [1.29, 1.82) is 0 Å². The van der Waals surface area contributed by atoms with E-state index in [-0.39, 0.29) is 33.9 Å². The average molecular weight is 570 g/mol. The summed E-state index contributed by atoms with van der Waals surface area (Å²) in [5.41, 5.74) is 0.635. The fourth-order valence-corrected chi connectivity index (χ4v) is 6.40. The first-order chi connectivity index (χ1) is 18.8. The zero-order chi connectivity index (χ0) is 27.3. The number of phenols is 1. The molecule has 204 valence electrons. The van der Waals surface area contributed by atoms with Crippen molar-refractivity contribution in [3.63, 3.8) is 0 Å². The molecule has 10 heteroatoms. The van der Waals surface area contributed by atoms with E-state index in [0.29, 0.717) is 45.2 Å². The van der Waals surface area contributed by atoms with Crippen LogP contribution in [0.4, 0.5) is 10.2 Å². The zero-order valence-corrected chi connectivity index (χ0v) is 23.4. The third kappa shape index (κ3) is 4.84. The molecule has 6 rings (SSSR count). The van der Waals surface area contributed by atoms with Crippen LogP contribution in [-0.4, -0.2) is 72.4 Å². The van der Waals surface area contributed by atoms with E-state index >= 15 is 4.39 Å². The van der Waals surface area contributed by atoms with Crippen LogP contribution in [0, 0.1) is 5.82 Å². The second kappa shape index (κ2) is 10.6. The van der Waals surface area contributed by atoms with E-state index in [1.165, 1.54) is 6.07 Å². The minimum Gasteiger partial charge on any atom is -0.508 e. The Bertz CT molecular complexity index is 1570. The molecule has 2 aliphatic heterocycles. The van der Waals surface area contributed by atoms with Gasteiger partial charge in [0.25, 0.3) is 0 Å². The molecule has 2 atom stereocenters. The van der Waals surface area contributed by atoms with Crippen molar-refractivity contribution >= 4 is 50.7 Å². The van der Waals surface area contributed by atoms with E-state index in [1.807, 2.05) is 13.1 Å². The second-order valence-electron chi connectivity index (χ2n) is 10.4. The summed E-state index contributed by atoms with van der Waals surface area (Å²) in [5, 5.41) is 16.2. The Morgan fingerprint density at radius 1 is 1.13 bits per heavy atom. The molecule has 0 aliphatic carbocycles. The molecule has 2 N–H and O–H groups in total. The van der Waals surface area contributed by atoms with Crippen molar-refractivity contribution in [3.05, 3.63) is 52.3 Å². The summed E-state index contributed by atoms with van der Waals surface area (Å²) in [6.45, 7) is 2.93. The van der Waals surface area contributed by atoms with Gasteiger partial charge in [-0.1, -0.05) is 35.3 Å². The van der Waals surface area contributed by atoms with Gasteiger partial charge in [0.1, 0.15) is 23.7 Å². The number of likely N-dealkylation sites (tertiary alicyclic amines) is 1. The SMILES string of the molecule is CNC1CCN(c2nc(OC[C@@H]3CCCN3C)nc3c(F)c(-c4cc(O)cc5cccc(Cl)c45)c(Cl)cc23)C1. The van der Waals surface area contributed by atoms with Crippen LogP contribution in [0.5, 0.6) is 11.8 Å². The van der Waals surface area contributed by atoms with Crippen LogP contribution in [0.25, 0.3) is 32.8 Å². The number of halogens is 3. The summed E-state index contributed by atoms with van der Waals surface area (Å²) >= 11 is 13.4. The number of fused-ring (bicyclic) bond motifs is 2. The summed E-state index contributed by atoms with van der Waals surface area (Å²) in [4.78, 5) is 13.7. The first-order valence-corrected chi connectivity index (χ1v) is 14.0. The van der Waals surface area contributed by atoms with Crippen molar-refractivity contribution in [2.45, 2.75) is 31.3 Å². The summed E-state index contributed by atoms with van der Waals surface area (Å²) in [6, 6.07) is 10.8. The highest BCUT2D eigenvalue weighted by atomic mass is 35.5. The minimum absolute atomic E-state index is 0.0152. The fraction of sp³-hybridized carbons (Fsp3) is 0.379. The normalized spacial score (nSPS) is 20.0. The molecule has 3 aromatic carbocycles. The van der Waals surface area contributed by atoms with Gasteiger partial charge >= 0.3 is 6.01 Å². The number of rotatable bonds is 6. The smallest absolute Gasteiger partial charge is 0.319 e. The van der Waals surface area contributed by atoms with Crippen LogP contribution in [-0.2, 0) is 0 Å². The Kier molecular flexibility index (Phi) is 7.14. The summed E-state index contributed by atoms with van der Waals surface area (Å²) in [6.07, 6.45) is 3.09. The predicted octanol–water partition coefficient (Wildman–Crippen LogP) is 5.87. The molecular weight excluding hydrogens is 540 g/mol. The summed E-state index contributed by atoms with van der Waals surface area (Å²) < 4.78 is 22.7. The number of phenolic OH excluding ortho intramolecular Hbond substituents is 1. The number of nitrogens with zero attached hydrogens (tertiary/aromatic N) is 4. The van der Waals surface area contributed by atoms with Gasteiger partial charge in [0.2, 0.25) is 0 Å². The number of hydrogen-bond donors (Lipinski definition) is 2. The molecular formula is C29H30Cl2FN5O2. The first-order valence-electron chi connectivity index (χ1n) is 13.2. The molecule has 0 bridgehead atoms. The number of benzene rings is 3. The van der Waals surface area contributed by atoms with Crippen LogP contribution in [0.2, 0.25) is 10.0 Å². The van der Waals surface area contributed by atoms with Crippen LogP contribution < -0.4 is 15.0 Å². The molecule has 39 heavy (non-hydrogen) atoms. The van der Waals surface area contributed by atoms with Crippen LogP contribution in [0.3, 0.4) is 0 Å². The molecule has 0 saturated carbocycles. The van der Waals surface area contributed by atoms with Gasteiger partial charge in [0.05, 0.1) is 5.02 Å². The van der Waals surface area contributed by atoms with Gasteiger partial charge in [-0.25, -0.2) is 4.39 Å². The number of aromatic nitrogens is 2. The number of nitrogens with one attached hydrogen (secondary N) is 1. The Morgan fingerprint density at radius 2 is 1.97 bits per heavy atom. The van der Waals surface area contributed by atoms with Gasteiger partial charge in [0, 0.05) is 46.5 Å². The topological polar surface area (TPSA) is 73.8 Å². The number of anilines is 1. The van der Waals surface area contributed by atoms with Gasteiger partial charge in [-0.05, 0) is 75.1 Å². The second-order valence-corrected chi connectivity index (χ2v) is 11.2. The summed E-state index contributed by atoms with van der Waals surface area (Å²) in [7, 11) is 4.01. The lowest BCUT2D eigenvalue weighted by molar-refractivity contribution is 0.188. The lowest BCUT2D eigenvalue weighted by Gasteiger charge is -2.23. The lowest BCUT2D eigenvalue weighted by atomic mass is 9.96. The fourth-order valence-electron chi connectivity index (χ4n) is 5.82. The average Bonchev–Trinajstić information content (AvgIpc) is 3.56. The molecule has 2 aliphatic rings. The summed E-state index contributed by atoms with van der Waals surface area (Å²) in [5.74, 6) is -0.0302. The number of hydrogen-bond acceptors (Lipinski definition) is 7. The molecule has 1 unspecified atom stereocenters. The van der Waals surface area contributed by atoms with Gasteiger partial charge in [-0.2, -0.15) is 9.97 Å². The van der Waals surface area contributed by atoms with Crippen molar-refractivity contribution in [1.82, 2.24) is 20.2 Å². The van der Waals surface area contributed by atoms with Crippen molar-refractivity contribution in [2.75, 3.05) is 45.2 Å². The van der Waals surface area contributed by atoms with E-state index in [2.05, 4.69) is 27.1 Å². The quantitative estimate of drug-likeness (QED) is 0.300. The van der Waals surface area contributed by atoms with E-state index < -0.39 is 5.82 Å². The van der Waals surface area contributed by atoms with Gasteiger partial charge in [-0.3, -0.25) is 0 Å². The van der Waals surface area contributed by atoms with Gasteiger partial charge in [0.15, 0.2) is 5.82 Å². The van der Waals surface area contributed by atoms with E-state index in [9.17, 15) is 5.11 Å². The maximum atomic E-state index is 16.6. The van der Waals surface area contributed by atoms with Crippen LogP contribution >= 0.6 is 23.2 Å². The maximum Gasteiger partial charge on any atom is 0.319 e. The standard InChI is InChI=1S/C29H30Cl2FN5O2/c1-33-17-8-10-37(14-17)28-21-13-23(31)25(20-12-19(38)11-16-5-3-7-22(30)24(16)20)26(32)27(21)34-29(35-28)39-15-18-6-4-9-36(18)2/h3,5,7,11-13,17-18,33,38H,4,6,8-10,14-15H2,1-2H3/t17?,18-/m0/s1. The predicted molar refractivity (Wildman–Crippen MR) is 155 cm³/mol. The highest BCUT2D eigenvalue weighted by Gasteiger charge is 2.29. The van der Waals surface area contributed by atoms with E-state index in [4.69, 9.17) is 32.9 Å². The van der Waals surface area contributed by atoms with E-state index in [0.717, 1.165) is 38.9 Å². The molecule has 0 radical (unpaired) electrons. The van der Waals surface area contributed by atoms with Crippen molar-refractivity contribution in [3.8, 4) is 22.9 Å². The Hall–Kier alpha value is -2.91. The van der Waals surface area contributed by atoms with Crippen LogP contribution in [0.15, 0.2) is 36.4 Å². The largest absolute Gasteiger partial charge is 0.508 e. The van der Waals surface area contributed by atoms with Gasteiger partial charge < -0.3 is 25.0 Å². The zero-order valence-electron chi connectivity index (χ0n) is 21.8. The van der Waals surface area contributed by atoms with E-state index in [1.54, 1.807) is 24.3 Å². The molecule has 3 heterocycles. The number of ether oxygens (including phenoxy) is 1. The Morgan fingerprint density at radius 3 is 2.72 bits per heavy atom. The monoisotopic (exact) mass is 569 g/mol. The molecule has 2 fully saturated rings. The molecule has 1 aromatic heterocycles. The lowest BCUT2D eigenvalue weighted by Crippen LogP contribution is -2.31. The molecule has 7 nitrogen and oxygen atoms in total. The highest BCUT2D eigenvalue weighted by molar-refractivity contribution is 6.38. The highest BCUT2D eigenvalue weighted by Crippen LogP contribution is 2.44. The third-order valence-corrected chi connectivity index (χ3v) is 8.61. The van der Waals surface area contributed by atoms with Gasteiger partial charge in [-0.15, -0.1) is 0 Å². The third-order valence-electron chi connectivity index (χ3n) is 7.99. The molecule has 2 saturated heterocycles. The van der Waals surface area contributed by atoms with Crippen LogP contribution in [0.1, 0.15) is 19.3 Å². The maximum absolute atomic E-state index is 16.6. The van der Waals surface area contributed by atoms with Crippen molar-refractivity contribution < 1.29 is 14.2 Å². The Labute approximate surface area is 236 Å². The minimum atomic E-state index is -0.611. The Balaban J connectivity index is 1.53. The van der Waals surface area contributed by atoms with Crippen molar-refractivity contribution in [2.24, 2.45) is 0 Å².